The van der Waals surface area contributed by atoms with Gasteiger partial charge in [0.1, 0.15) is 5.03 Å². The van der Waals surface area contributed by atoms with Gasteiger partial charge in [-0.15, -0.1) is 0 Å². The SMILES string of the molecule is Cc1ccc(Sc2ncccc2C(=O)NC2CCN(C3CC3)C2)c(C)c1. The number of carbonyl (C=O) groups excluding carboxylic acids is 1. The molecular formula is C21H25N3OS. The van der Waals surface area contributed by atoms with Gasteiger partial charge in [-0.1, -0.05) is 29.5 Å². The first-order chi connectivity index (χ1) is 12.6. The van der Waals surface area contributed by atoms with Crippen LogP contribution in [0, 0.1) is 13.8 Å². The molecule has 1 aromatic heterocycles. The van der Waals surface area contributed by atoms with Crippen LogP contribution in [0.5, 0.6) is 0 Å². The van der Waals surface area contributed by atoms with Crippen molar-refractivity contribution in [1.29, 1.82) is 0 Å². The van der Waals surface area contributed by atoms with Crippen LogP contribution >= 0.6 is 11.8 Å². The first-order valence-corrected chi connectivity index (χ1v) is 10.2. The van der Waals surface area contributed by atoms with Crippen molar-refractivity contribution in [3.05, 3.63) is 53.2 Å². The molecule has 1 unspecified atom stereocenters. The van der Waals surface area contributed by atoms with Gasteiger partial charge in [0.05, 0.1) is 5.56 Å². The van der Waals surface area contributed by atoms with E-state index >= 15 is 0 Å². The molecular weight excluding hydrogens is 342 g/mol. The van der Waals surface area contributed by atoms with Gasteiger partial charge in [-0.05, 0) is 56.9 Å². The predicted octanol–water partition coefficient (Wildman–Crippen LogP) is 3.82. The Morgan fingerprint density at radius 3 is 2.85 bits per heavy atom. The third kappa shape index (κ3) is 3.94. The molecule has 1 saturated heterocycles. The molecule has 2 aromatic rings. The quantitative estimate of drug-likeness (QED) is 0.873. The normalized spacial score (nSPS) is 20.3. The lowest BCUT2D eigenvalue weighted by molar-refractivity contribution is 0.0934. The number of hydrogen-bond acceptors (Lipinski definition) is 4. The van der Waals surface area contributed by atoms with E-state index in [1.54, 1.807) is 18.0 Å². The molecule has 1 atom stereocenters. The van der Waals surface area contributed by atoms with E-state index in [4.69, 9.17) is 0 Å². The minimum atomic E-state index is -0.00647. The summed E-state index contributed by atoms with van der Waals surface area (Å²) in [4.78, 5) is 21.0. The molecule has 1 N–H and O–H groups in total. The van der Waals surface area contributed by atoms with Crippen molar-refractivity contribution in [3.8, 4) is 0 Å². The number of likely N-dealkylation sites (tertiary alicyclic amines) is 1. The van der Waals surface area contributed by atoms with Gasteiger partial charge in [-0.2, -0.15) is 0 Å². The molecule has 2 fully saturated rings. The van der Waals surface area contributed by atoms with Crippen LogP contribution in [0.1, 0.15) is 40.7 Å². The van der Waals surface area contributed by atoms with Gasteiger partial charge in [0.15, 0.2) is 0 Å². The third-order valence-electron chi connectivity index (χ3n) is 5.17. The zero-order chi connectivity index (χ0) is 18.1. The molecule has 1 amide bonds. The zero-order valence-electron chi connectivity index (χ0n) is 15.4. The van der Waals surface area contributed by atoms with Gasteiger partial charge in [0, 0.05) is 36.3 Å². The Hall–Kier alpha value is -1.85. The molecule has 1 aliphatic heterocycles. The second kappa shape index (κ2) is 7.41. The summed E-state index contributed by atoms with van der Waals surface area (Å²) < 4.78 is 0. The number of amides is 1. The maximum absolute atomic E-state index is 12.9. The number of rotatable bonds is 5. The van der Waals surface area contributed by atoms with E-state index in [9.17, 15) is 4.79 Å². The first kappa shape index (κ1) is 17.6. The lowest BCUT2D eigenvalue weighted by atomic mass is 10.2. The maximum atomic E-state index is 12.9. The van der Waals surface area contributed by atoms with E-state index in [0.717, 1.165) is 35.5 Å². The minimum Gasteiger partial charge on any atom is -0.348 e. The van der Waals surface area contributed by atoms with Crippen LogP contribution < -0.4 is 5.32 Å². The van der Waals surface area contributed by atoms with Gasteiger partial charge in [-0.3, -0.25) is 9.69 Å². The van der Waals surface area contributed by atoms with Gasteiger partial charge >= 0.3 is 0 Å². The fourth-order valence-corrected chi connectivity index (χ4v) is 4.55. The highest BCUT2D eigenvalue weighted by Gasteiger charge is 2.35. The second-order valence-electron chi connectivity index (χ2n) is 7.41. The van der Waals surface area contributed by atoms with E-state index in [2.05, 4.69) is 47.2 Å². The standard InChI is InChI=1S/C21H25N3OS/c1-14-5-8-19(15(2)12-14)26-21-18(4-3-10-22-21)20(25)23-16-9-11-24(13-16)17-6-7-17/h3-5,8,10,12,16-17H,6-7,9,11,13H2,1-2H3,(H,23,25). The summed E-state index contributed by atoms with van der Waals surface area (Å²) in [6, 6.07) is 11.1. The highest BCUT2D eigenvalue weighted by atomic mass is 32.2. The Balaban J connectivity index is 1.47. The van der Waals surface area contributed by atoms with Crippen LogP contribution in [-0.4, -0.2) is 41.0 Å². The summed E-state index contributed by atoms with van der Waals surface area (Å²) in [5, 5.41) is 4.00. The molecule has 4 rings (SSSR count). The Kier molecular flexibility index (Phi) is 5.00. The highest BCUT2D eigenvalue weighted by molar-refractivity contribution is 7.99. The summed E-state index contributed by atoms with van der Waals surface area (Å²) in [7, 11) is 0. The summed E-state index contributed by atoms with van der Waals surface area (Å²) in [6.07, 6.45) is 5.44. The molecule has 2 heterocycles. The molecule has 0 radical (unpaired) electrons. The largest absolute Gasteiger partial charge is 0.348 e. The molecule has 5 heteroatoms. The number of nitrogens with one attached hydrogen (secondary N) is 1. The van der Waals surface area contributed by atoms with E-state index in [-0.39, 0.29) is 11.9 Å². The number of nitrogens with zero attached hydrogens (tertiary/aromatic N) is 2. The number of benzene rings is 1. The molecule has 1 aliphatic carbocycles. The van der Waals surface area contributed by atoms with Crippen molar-refractivity contribution in [3.63, 3.8) is 0 Å². The first-order valence-electron chi connectivity index (χ1n) is 9.35. The van der Waals surface area contributed by atoms with Crippen LogP contribution in [0.2, 0.25) is 0 Å². The van der Waals surface area contributed by atoms with Crippen LogP contribution in [0.15, 0.2) is 46.5 Å². The third-order valence-corrected chi connectivity index (χ3v) is 6.37. The van der Waals surface area contributed by atoms with E-state index in [1.807, 2.05) is 12.1 Å². The van der Waals surface area contributed by atoms with Crippen molar-refractivity contribution < 1.29 is 4.79 Å². The highest BCUT2D eigenvalue weighted by Crippen LogP contribution is 2.32. The summed E-state index contributed by atoms with van der Waals surface area (Å²) in [5.74, 6) is -0.00647. The molecule has 0 bridgehead atoms. The Morgan fingerprint density at radius 2 is 2.08 bits per heavy atom. The number of carbonyl (C=O) groups is 1. The van der Waals surface area contributed by atoms with E-state index < -0.39 is 0 Å². The molecule has 4 nitrogen and oxygen atoms in total. The summed E-state index contributed by atoms with van der Waals surface area (Å²) >= 11 is 1.57. The topological polar surface area (TPSA) is 45.2 Å². The van der Waals surface area contributed by atoms with E-state index in [0.29, 0.717) is 5.56 Å². The molecule has 2 aliphatic rings. The lowest BCUT2D eigenvalue weighted by Gasteiger charge is -2.16. The van der Waals surface area contributed by atoms with Crippen LogP contribution in [0.25, 0.3) is 0 Å². The van der Waals surface area contributed by atoms with Gasteiger partial charge in [-0.25, -0.2) is 4.98 Å². The van der Waals surface area contributed by atoms with Crippen molar-refractivity contribution in [2.45, 2.75) is 55.1 Å². The average molecular weight is 368 g/mol. The van der Waals surface area contributed by atoms with Gasteiger partial charge in [0.25, 0.3) is 5.91 Å². The molecule has 136 valence electrons. The number of hydrogen-bond donors (Lipinski definition) is 1. The van der Waals surface area contributed by atoms with Gasteiger partial charge < -0.3 is 5.32 Å². The van der Waals surface area contributed by atoms with Crippen molar-refractivity contribution >= 4 is 17.7 Å². The zero-order valence-corrected chi connectivity index (χ0v) is 16.2. The number of aryl methyl sites for hydroxylation is 2. The fourth-order valence-electron chi connectivity index (χ4n) is 3.60. The monoisotopic (exact) mass is 367 g/mol. The minimum absolute atomic E-state index is 0.00647. The van der Waals surface area contributed by atoms with Crippen LogP contribution in [0.4, 0.5) is 0 Å². The fraction of sp³-hybridized carbons (Fsp3) is 0.429. The summed E-state index contributed by atoms with van der Waals surface area (Å²) in [5.41, 5.74) is 3.12. The molecule has 0 spiro atoms. The maximum Gasteiger partial charge on any atom is 0.254 e. The predicted molar refractivity (Wildman–Crippen MR) is 105 cm³/mol. The second-order valence-corrected chi connectivity index (χ2v) is 8.44. The number of pyridine rings is 1. The van der Waals surface area contributed by atoms with Gasteiger partial charge in [0.2, 0.25) is 0 Å². The lowest BCUT2D eigenvalue weighted by Crippen LogP contribution is -2.37. The van der Waals surface area contributed by atoms with Crippen molar-refractivity contribution in [2.75, 3.05) is 13.1 Å². The Bertz CT molecular complexity index is 819. The van der Waals surface area contributed by atoms with Crippen molar-refractivity contribution in [2.24, 2.45) is 0 Å². The van der Waals surface area contributed by atoms with Crippen LogP contribution in [-0.2, 0) is 0 Å². The molecule has 1 aromatic carbocycles. The Morgan fingerprint density at radius 1 is 1.23 bits per heavy atom. The molecule has 26 heavy (non-hydrogen) atoms. The smallest absolute Gasteiger partial charge is 0.254 e. The summed E-state index contributed by atoms with van der Waals surface area (Å²) in [6.45, 7) is 6.28. The average Bonchev–Trinajstić information content (AvgIpc) is 3.37. The van der Waals surface area contributed by atoms with E-state index in [1.165, 1.54) is 24.0 Å². The molecule has 1 saturated carbocycles. The Labute approximate surface area is 159 Å². The number of aromatic nitrogens is 1. The van der Waals surface area contributed by atoms with Crippen molar-refractivity contribution in [1.82, 2.24) is 15.2 Å². The van der Waals surface area contributed by atoms with Crippen LogP contribution in [0.3, 0.4) is 0 Å².